The van der Waals surface area contributed by atoms with Crippen LogP contribution in [0.1, 0.15) is 30.7 Å². The molecule has 2 atom stereocenters. The summed E-state index contributed by atoms with van der Waals surface area (Å²) in [5, 5.41) is 7.00. The number of carbonyl (C=O) groups excluding carboxylic acids is 2. The van der Waals surface area contributed by atoms with Crippen LogP contribution in [0.4, 0.5) is 5.69 Å². The summed E-state index contributed by atoms with van der Waals surface area (Å²) < 4.78 is 23.9. The average Bonchev–Trinajstić information content (AvgIpc) is 3.54. The molecule has 11 heteroatoms. The summed E-state index contributed by atoms with van der Waals surface area (Å²) in [4.78, 5) is 31.0. The fourth-order valence-corrected chi connectivity index (χ4v) is 4.31. The Balaban J connectivity index is 1.02. The van der Waals surface area contributed by atoms with E-state index < -0.39 is 6.10 Å². The third-order valence-electron chi connectivity index (χ3n) is 6.72. The molecular weight excluding hydrogens is 502 g/mol. The van der Waals surface area contributed by atoms with Crippen LogP contribution in [-0.2, 0) is 20.9 Å². The lowest BCUT2D eigenvalue weighted by Gasteiger charge is -2.17. The van der Waals surface area contributed by atoms with Crippen LogP contribution in [0, 0.1) is 0 Å². The molecule has 1 aliphatic carbocycles. The molecular formula is C28H33N5O6. The van der Waals surface area contributed by atoms with E-state index in [-0.39, 0.29) is 31.1 Å². The molecule has 0 unspecified atom stereocenters. The topological polar surface area (TPSA) is 117 Å². The van der Waals surface area contributed by atoms with Crippen LogP contribution in [0.3, 0.4) is 0 Å². The van der Waals surface area contributed by atoms with Crippen molar-refractivity contribution in [1.29, 1.82) is 0 Å². The van der Waals surface area contributed by atoms with E-state index in [0.29, 0.717) is 42.8 Å². The maximum atomic E-state index is 12.7. The number of ether oxygens (including phenoxy) is 4. The molecule has 1 saturated carbocycles. The lowest BCUT2D eigenvalue weighted by Crippen LogP contribution is -2.33. The van der Waals surface area contributed by atoms with Gasteiger partial charge < -0.3 is 29.2 Å². The van der Waals surface area contributed by atoms with Crippen LogP contribution in [0.2, 0.25) is 0 Å². The van der Waals surface area contributed by atoms with Gasteiger partial charge in [-0.1, -0.05) is 12.1 Å². The Kier molecular flexibility index (Phi) is 8.26. The predicted octanol–water partition coefficient (Wildman–Crippen LogP) is 2.88. The third kappa shape index (κ3) is 7.26. The van der Waals surface area contributed by atoms with Crippen molar-refractivity contribution in [3.8, 4) is 17.4 Å². The second kappa shape index (κ2) is 12.2. The van der Waals surface area contributed by atoms with Crippen molar-refractivity contribution in [2.45, 2.75) is 43.9 Å². The Morgan fingerprint density at radius 1 is 1.18 bits per heavy atom. The summed E-state index contributed by atoms with van der Waals surface area (Å²) in [5.74, 6) is 2.15. The number of benzene rings is 1. The summed E-state index contributed by atoms with van der Waals surface area (Å²) in [6.45, 7) is 1.18. The second-order valence-corrected chi connectivity index (χ2v) is 9.75. The van der Waals surface area contributed by atoms with Gasteiger partial charge in [0.15, 0.2) is 0 Å². The number of nitrogens with one attached hydrogen (secondary N) is 1. The van der Waals surface area contributed by atoms with E-state index >= 15 is 0 Å². The highest BCUT2D eigenvalue weighted by atomic mass is 16.6. The molecule has 1 N–H and O–H groups in total. The third-order valence-corrected chi connectivity index (χ3v) is 6.72. The Bertz CT molecular complexity index is 1280. The van der Waals surface area contributed by atoms with Crippen molar-refractivity contribution in [3.63, 3.8) is 0 Å². The van der Waals surface area contributed by atoms with Gasteiger partial charge in [-0.3, -0.25) is 14.3 Å². The van der Waals surface area contributed by atoms with Gasteiger partial charge in [-0.25, -0.2) is 4.98 Å². The van der Waals surface area contributed by atoms with Gasteiger partial charge >= 0.3 is 0 Å². The number of likely N-dealkylation sites (N-methyl/N-ethyl adjacent to an activating group) is 1. The molecule has 2 amide bonds. The van der Waals surface area contributed by atoms with Crippen LogP contribution in [0.15, 0.2) is 55.0 Å². The van der Waals surface area contributed by atoms with Crippen molar-refractivity contribution in [2.24, 2.45) is 0 Å². The van der Waals surface area contributed by atoms with E-state index in [2.05, 4.69) is 27.5 Å². The maximum absolute atomic E-state index is 12.7. The highest BCUT2D eigenvalue weighted by molar-refractivity contribution is 5.94. The first-order valence-electron chi connectivity index (χ1n) is 13.0. The summed E-state index contributed by atoms with van der Waals surface area (Å²) in [6.07, 6.45) is 6.74. The van der Waals surface area contributed by atoms with Gasteiger partial charge in [-0.2, -0.15) is 5.10 Å². The molecule has 3 aromatic rings. The Morgan fingerprint density at radius 3 is 2.77 bits per heavy atom. The van der Waals surface area contributed by atoms with Crippen LogP contribution >= 0.6 is 0 Å². The maximum Gasteiger partial charge on any atom is 0.253 e. The van der Waals surface area contributed by atoms with Gasteiger partial charge in [0.2, 0.25) is 11.8 Å². The molecule has 3 heterocycles. The molecule has 2 aliphatic rings. The van der Waals surface area contributed by atoms with Crippen molar-refractivity contribution >= 4 is 17.5 Å². The highest BCUT2D eigenvalue weighted by Gasteiger charge is 2.32. The number of aromatic nitrogens is 3. The Hall–Kier alpha value is -4.12. The zero-order valence-corrected chi connectivity index (χ0v) is 22.1. The highest BCUT2D eigenvalue weighted by Crippen LogP contribution is 2.40. The minimum atomic E-state index is -0.653. The smallest absolute Gasteiger partial charge is 0.253 e. The molecule has 2 aromatic heterocycles. The molecule has 5 rings (SSSR count). The molecule has 0 spiro atoms. The SMILES string of the molecule is COc1cc(O[C@H]2CO[C@H](C(=O)Nc3cnn(CC(=O)N(C)CCOc4ccc(C5CC5)cc4)c3)C2)ccn1. The minimum absolute atomic E-state index is 0.0493. The van der Waals surface area contributed by atoms with Gasteiger partial charge in [-0.05, 0) is 42.5 Å². The number of pyridine rings is 1. The van der Waals surface area contributed by atoms with Crippen molar-refractivity contribution in [2.75, 3.05) is 39.2 Å². The van der Waals surface area contributed by atoms with Crippen LogP contribution in [-0.4, -0.2) is 77.6 Å². The number of hydrogen-bond acceptors (Lipinski definition) is 8. The fourth-order valence-electron chi connectivity index (χ4n) is 4.31. The molecule has 0 bridgehead atoms. The molecule has 206 valence electrons. The van der Waals surface area contributed by atoms with E-state index in [1.807, 2.05) is 12.1 Å². The van der Waals surface area contributed by atoms with E-state index in [4.69, 9.17) is 18.9 Å². The fraction of sp³-hybridized carbons (Fsp3) is 0.429. The lowest BCUT2D eigenvalue weighted by atomic mass is 10.1. The van der Waals surface area contributed by atoms with Crippen molar-refractivity contribution in [1.82, 2.24) is 19.7 Å². The number of anilines is 1. The number of methoxy groups -OCH3 is 1. The van der Waals surface area contributed by atoms with E-state index in [9.17, 15) is 9.59 Å². The predicted molar refractivity (Wildman–Crippen MR) is 142 cm³/mol. The van der Waals surface area contributed by atoms with Crippen LogP contribution < -0.4 is 19.5 Å². The number of hydrogen-bond donors (Lipinski definition) is 1. The number of rotatable bonds is 12. The summed E-state index contributed by atoms with van der Waals surface area (Å²) in [7, 11) is 3.26. The second-order valence-electron chi connectivity index (χ2n) is 9.75. The monoisotopic (exact) mass is 535 g/mol. The largest absolute Gasteiger partial charge is 0.492 e. The van der Waals surface area contributed by atoms with E-state index in [1.165, 1.54) is 36.4 Å². The standard InChI is InChI=1S/C28H33N5O6/c1-32(11-12-37-22-7-5-20(6-8-22)19-3-4-19)27(34)17-33-16-21(15-30-33)31-28(35)25-13-24(18-38-25)39-23-9-10-29-26(14-23)36-2/h5-10,14-16,19,24-25H,3-4,11-13,17-18H2,1-2H3,(H,31,35)/t24-,25+/m1/s1. The molecule has 1 aliphatic heterocycles. The van der Waals surface area contributed by atoms with E-state index in [1.54, 1.807) is 36.5 Å². The number of nitrogens with zero attached hydrogens (tertiary/aromatic N) is 4. The van der Waals surface area contributed by atoms with Gasteiger partial charge in [0, 0.05) is 31.9 Å². The molecule has 1 aromatic carbocycles. The first-order valence-corrected chi connectivity index (χ1v) is 13.0. The molecule has 0 radical (unpaired) electrons. The van der Waals surface area contributed by atoms with Gasteiger partial charge in [0.05, 0.1) is 32.1 Å². The first kappa shape index (κ1) is 26.5. The van der Waals surface area contributed by atoms with Gasteiger partial charge in [0.25, 0.3) is 5.91 Å². The molecule has 2 fully saturated rings. The van der Waals surface area contributed by atoms with Crippen LogP contribution in [0.25, 0.3) is 0 Å². The summed E-state index contributed by atoms with van der Waals surface area (Å²) >= 11 is 0. The van der Waals surface area contributed by atoms with Crippen molar-refractivity contribution in [3.05, 3.63) is 60.6 Å². The normalized spacial score (nSPS) is 18.4. The summed E-state index contributed by atoms with van der Waals surface area (Å²) in [5.41, 5.74) is 1.85. The molecule has 1 saturated heterocycles. The summed E-state index contributed by atoms with van der Waals surface area (Å²) in [6, 6.07) is 11.6. The van der Waals surface area contributed by atoms with Crippen LogP contribution in [0.5, 0.6) is 17.4 Å². The van der Waals surface area contributed by atoms with Crippen molar-refractivity contribution < 1.29 is 28.5 Å². The number of carbonyl (C=O) groups is 2. The minimum Gasteiger partial charge on any atom is -0.492 e. The Labute approximate surface area is 227 Å². The number of amides is 2. The zero-order chi connectivity index (χ0) is 27.2. The van der Waals surface area contributed by atoms with Gasteiger partial charge in [-0.15, -0.1) is 0 Å². The molecule has 39 heavy (non-hydrogen) atoms. The van der Waals surface area contributed by atoms with Gasteiger partial charge in [0.1, 0.15) is 36.9 Å². The average molecular weight is 536 g/mol. The Morgan fingerprint density at radius 2 is 2.00 bits per heavy atom. The zero-order valence-electron chi connectivity index (χ0n) is 22.1. The quantitative estimate of drug-likeness (QED) is 0.376. The van der Waals surface area contributed by atoms with E-state index in [0.717, 1.165) is 5.75 Å². The first-order chi connectivity index (χ1) is 19.0. The lowest BCUT2D eigenvalue weighted by molar-refractivity contribution is -0.131. The molecule has 11 nitrogen and oxygen atoms in total.